The standard InChI is InChI=1S/C15H24N2O4/c1-15(14(20)21-2)7-8-17(10-15)13(19)9-11-5-3-4-6-12(18)16-11/h11H,3-10H2,1-2H3,(H,16,18). The van der Waals surface area contributed by atoms with Gasteiger partial charge in [0.15, 0.2) is 0 Å². The maximum absolute atomic E-state index is 12.4. The van der Waals surface area contributed by atoms with Crippen molar-refractivity contribution >= 4 is 17.8 Å². The van der Waals surface area contributed by atoms with Crippen molar-refractivity contribution in [2.24, 2.45) is 5.41 Å². The van der Waals surface area contributed by atoms with Crippen LogP contribution >= 0.6 is 0 Å². The van der Waals surface area contributed by atoms with Crippen molar-refractivity contribution in [3.63, 3.8) is 0 Å². The van der Waals surface area contributed by atoms with Crippen LogP contribution in [-0.2, 0) is 19.1 Å². The Morgan fingerprint density at radius 2 is 2.19 bits per heavy atom. The highest BCUT2D eigenvalue weighted by Crippen LogP contribution is 2.31. The first kappa shape index (κ1) is 15.8. The van der Waals surface area contributed by atoms with Crippen LogP contribution in [0.4, 0.5) is 0 Å². The molecule has 2 aliphatic heterocycles. The smallest absolute Gasteiger partial charge is 0.313 e. The first-order valence-electron chi connectivity index (χ1n) is 7.60. The van der Waals surface area contributed by atoms with E-state index in [0.717, 1.165) is 19.3 Å². The van der Waals surface area contributed by atoms with Gasteiger partial charge < -0.3 is 15.0 Å². The van der Waals surface area contributed by atoms with Crippen LogP contribution < -0.4 is 5.32 Å². The zero-order chi connectivity index (χ0) is 15.5. The van der Waals surface area contributed by atoms with E-state index in [2.05, 4.69) is 5.32 Å². The average molecular weight is 296 g/mol. The third kappa shape index (κ3) is 3.74. The van der Waals surface area contributed by atoms with E-state index in [4.69, 9.17) is 4.74 Å². The lowest BCUT2D eigenvalue weighted by molar-refractivity contribution is -0.151. The Morgan fingerprint density at radius 1 is 1.43 bits per heavy atom. The number of hydrogen-bond donors (Lipinski definition) is 1. The van der Waals surface area contributed by atoms with Gasteiger partial charge in [-0.05, 0) is 26.2 Å². The molecule has 118 valence electrons. The predicted molar refractivity (Wildman–Crippen MR) is 76.3 cm³/mol. The van der Waals surface area contributed by atoms with Gasteiger partial charge in [0.1, 0.15) is 0 Å². The molecule has 0 aromatic carbocycles. The van der Waals surface area contributed by atoms with Crippen molar-refractivity contribution in [2.75, 3.05) is 20.2 Å². The summed E-state index contributed by atoms with van der Waals surface area (Å²) in [4.78, 5) is 37.4. The fourth-order valence-electron chi connectivity index (χ4n) is 3.13. The number of carbonyl (C=O) groups excluding carboxylic acids is 3. The quantitative estimate of drug-likeness (QED) is 0.783. The maximum Gasteiger partial charge on any atom is 0.313 e. The molecule has 0 radical (unpaired) electrons. The van der Waals surface area contributed by atoms with Crippen LogP contribution in [0, 0.1) is 5.41 Å². The van der Waals surface area contributed by atoms with Gasteiger partial charge in [-0.3, -0.25) is 14.4 Å². The number of rotatable bonds is 3. The molecule has 2 saturated heterocycles. The maximum atomic E-state index is 12.4. The number of likely N-dealkylation sites (tertiary alicyclic amines) is 1. The second-order valence-corrected chi connectivity index (χ2v) is 6.33. The highest BCUT2D eigenvalue weighted by atomic mass is 16.5. The number of carbonyl (C=O) groups is 3. The van der Waals surface area contributed by atoms with Gasteiger partial charge >= 0.3 is 5.97 Å². The topological polar surface area (TPSA) is 75.7 Å². The van der Waals surface area contributed by atoms with Gasteiger partial charge in [-0.15, -0.1) is 0 Å². The van der Waals surface area contributed by atoms with Crippen LogP contribution in [0.1, 0.15) is 45.4 Å². The molecule has 2 atom stereocenters. The molecule has 2 fully saturated rings. The molecular weight excluding hydrogens is 272 g/mol. The van der Waals surface area contributed by atoms with Gasteiger partial charge in [-0.2, -0.15) is 0 Å². The Morgan fingerprint density at radius 3 is 2.90 bits per heavy atom. The Kier molecular flexibility index (Phi) is 4.85. The molecule has 6 heteroatoms. The molecular formula is C15H24N2O4. The van der Waals surface area contributed by atoms with Crippen LogP contribution in [-0.4, -0.2) is 48.9 Å². The first-order chi connectivity index (χ1) is 9.94. The summed E-state index contributed by atoms with van der Waals surface area (Å²) in [5, 5.41) is 2.91. The monoisotopic (exact) mass is 296 g/mol. The predicted octanol–water partition coefficient (Wildman–Crippen LogP) is 0.847. The number of methoxy groups -OCH3 is 1. The molecule has 2 amide bonds. The molecule has 6 nitrogen and oxygen atoms in total. The highest BCUT2D eigenvalue weighted by molar-refractivity contribution is 5.82. The van der Waals surface area contributed by atoms with E-state index in [1.807, 2.05) is 6.92 Å². The Bertz CT molecular complexity index is 437. The van der Waals surface area contributed by atoms with E-state index in [9.17, 15) is 14.4 Å². The van der Waals surface area contributed by atoms with E-state index in [0.29, 0.717) is 32.4 Å². The molecule has 0 saturated carbocycles. The summed E-state index contributed by atoms with van der Waals surface area (Å²) < 4.78 is 4.81. The SMILES string of the molecule is COC(=O)C1(C)CCN(C(=O)CC2CCCCC(=O)N2)C1. The minimum Gasteiger partial charge on any atom is -0.469 e. The van der Waals surface area contributed by atoms with E-state index in [1.54, 1.807) is 4.90 Å². The number of amides is 2. The largest absolute Gasteiger partial charge is 0.469 e. The minimum absolute atomic E-state index is 0.00910. The van der Waals surface area contributed by atoms with Crippen LogP contribution in [0.3, 0.4) is 0 Å². The van der Waals surface area contributed by atoms with Gasteiger partial charge in [0.25, 0.3) is 0 Å². The summed E-state index contributed by atoms with van der Waals surface area (Å²) >= 11 is 0. The van der Waals surface area contributed by atoms with Gasteiger partial charge in [0.05, 0.1) is 12.5 Å². The summed E-state index contributed by atoms with van der Waals surface area (Å²) in [5.41, 5.74) is -0.600. The summed E-state index contributed by atoms with van der Waals surface area (Å²) in [6, 6.07) is -0.0718. The van der Waals surface area contributed by atoms with Crippen molar-refractivity contribution in [2.45, 2.75) is 51.5 Å². The van der Waals surface area contributed by atoms with Crippen molar-refractivity contribution in [1.82, 2.24) is 10.2 Å². The van der Waals surface area contributed by atoms with Gasteiger partial charge in [-0.1, -0.05) is 6.42 Å². The van der Waals surface area contributed by atoms with Gasteiger partial charge in [0, 0.05) is 32.0 Å². The van der Waals surface area contributed by atoms with Crippen LogP contribution in [0.25, 0.3) is 0 Å². The van der Waals surface area contributed by atoms with E-state index in [1.165, 1.54) is 7.11 Å². The van der Waals surface area contributed by atoms with Gasteiger partial charge in [0.2, 0.25) is 11.8 Å². The van der Waals surface area contributed by atoms with Crippen LogP contribution in [0.15, 0.2) is 0 Å². The third-order valence-electron chi connectivity index (χ3n) is 4.50. The molecule has 2 rings (SSSR count). The third-order valence-corrected chi connectivity index (χ3v) is 4.50. The molecule has 0 aromatic heterocycles. The summed E-state index contributed by atoms with van der Waals surface area (Å²) in [7, 11) is 1.37. The van der Waals surface area contributed by atoms with Crippen LogP contribution in [0.5, 0.6) is 0 Å². The fourth-order valence-corrected chi connectivity index (χ4v) is 3.13. The highest BCUT2D eigenvalue weighted by Gasteiger charge is 2.43. The van der Waals surface area contributed by atoms with Crippen molar-refractivity contribution in [3.05, 3.63) is 0 Å². The second-order valence-electron chi connectivity index (χ2n) is 6.33. The Labute approximate surface area is 125 Å². The molecule has 0 aromatic rings. The van der Waals surface area contributed by atoms with Gasteiger partial charge in [-0.25, -0.2) is 0 Å². The Balaban J connectivity index is 1.89. The van der Waals surface area contributed by atoms with Crippen molar-refractivity contribution in [1.29, 1.82) is 0 Å². The molecule has 2 aliphatic rings. The molecule has 0 bridgehead atoms. The molecule has 21 heavy (non-hydrogen) atoms. The normalized spacial score (nSPS) is 29.7. The molecule has 0 spiro atoms. The van der Waals surface area contributed by atoms with E-state index < -0.39 is 5.41 Å². The lowest BCUT2D eigenvalue weighted by atomic mass is 9.90. The molecule has 2 heterocycles. The lowest BCUT2D eigenvalue weighted by Gasteiger charge is -2.23. The Hall–Kier alpha value is -1.59. The zero-order valence-electron chi connectivity index (χ0n) is 12.8. The first-order valence-corrected chi connectivity index (χ1v) is 7.60. The molecule has 2 unspecified atom stereocenters. The zero-order valence-corrected chi connectivity index (χ0v) is 12.8. The average Bonchev–Trinajstić information content (AvgIpc) is 2.75. The van der Waals surface area contributed by atoms with Crippen molar-refractivity contribution in [3.8, 4) is 0 Å². The summed E-state index contributed by atoms with van der Waals surface area (Å²) in [5.74, 6) is -0.221. The summed E-state index contributed by atoms with van der Waals surface area (Å²) in [6.07, 6.45) is 4.21. The number of esters is 1. The second kappa shape index (κ2) is 6.45. The number of nitrogens with one attached hydrogen (secondary N) is 1. The van der Waals surface area contributed by atoms with E-state index in [-0.39, 0.29) is 23.8 Å². The minimum atomic E-state index is -0.600. The summed E-state index contributed by atoms with van der Waals surface area (Å²) in [6.45, 7) is 2.81. The number of hydrogen-bond acceptors (Lipinski definition) is 4. The lowest BCUT2D eigenvalue weighted by Crippen LogP contribution is -2.40. The van der Waals surface area contributed by atoms with Crippen molar-refractivity contribution < 1.29 is 19.1 Å². The number of nitrogens with zero attached hydrogens (tertiary/aromatic N) is 1. The fraction of sp³-hybridized carbons (Fsp3) is 0.800. The van der Waals surface area contributed by atoms with E-state index >= 15 is 0 Å². The number of ether oxygens (including phenoxy) is 1. The molecule has 1 N–H and O–H groups in total. The van der Waals surface area contributed by atoms with Crippen LogP contribution in [0.2, 0.25) is 0 Å². The molecule has 0 aliphatic carbocycles.